The van der Waals surface area contributed by atoms with Crippen molar-refractivity contribution in [2.24, 2.45) is 5.92 Å². The molecular weight excluding hydrogens is 467 g/mol. The maximum Gasteiger partial charge on any atom is 0.408 e. The number of carbonyl (C=O) groups excluding carboxylic acids is 1. The van der Waals surface area contributed by atoms with Gasteiger partial charge in [-0.05, 0) is 42.1 Å². The largest absolute Gasteiger partial charge is 0.408 e. The van der Waals surface area contributed by atoms with E-state index in [0.717, 1.165) is 30.4 Å². The second-order valence-electron chi connectivity index (χ2n) is 7.16. The highest BCUT2D eigenvalue weighted by molar-refractivity contribution is 9.10. The molecule has 3 N–H and O–H groups in total. The molecule has 0 aromatic carbocycles. The number of aromatic nitrogens is 4. The minimum absolute atomic E-state index is 0.123. The highest BCUT2D eigenvalue weighted by Gasteiger charge is 2.29. The van der Waals surface area contributed by atoms with E-state index in [0.29, 0.717) is 34.8 Å². The zero-order chi connectivity index (χ0) is 21.7. The van der Waals surface area contributed by atoms with Gasteiger partial charge in [-0.25, -0.2) is 4.98 Å². The van der Waals surface area contributed by atoms with Crippen molar-refractivity contribution < 1.29 is 18.0 Å². The van der Waals surface area contributed by atoms with E-state index < -0.39 is 12.7 Å². The smallest absolute Gasteiger partial charge is 0.369 e. The van der Waals surface area contributed by atoms with Crippen LogP contribution in [0.25, 0.3) is 0 Å². The Balaban J connectivity index is 1.51. The second kappa shape index (κ2) is 9.63. The van der Waals surface area contributed by atoms with Gasteiger partial charge in [0.25, 0.3) is 0 Å². The zero-order valence-electron chi connectivity index (χ0n) is 16.4. The minimum atomic E-state index is -4.35. The average Bonchev–Trinajstić information content (AvgIpc) is 2.92. The Bertz CT molecular complexity index is 883. The summed E-state index contributed by atoms with van der Waals surface area (Å²) in [5.41, 5.74) is 0.800. The average molecular weight is 490 g/mol. The van der Waals surface area contributed by atoms with E-state index in [1.165, 1.54) is 6.20 Å². The highest BCUT2D eigenvalue weighted by atomic mass is 79.9. The lowest BCUT2D eigenvalue weighted by molar-refractivity contribution is -0.142. The van der Waals surface area contributed by atoms with Crippen molar-refractivity contribution in [2.45, 2.75) is 45.3 Å². The number of anilines is 3. The van der Waals surface area contributed by atoms with E-state index in [9.17, 15) is 18.0 Å². The van der Waals surface area contributed by atoms with Gasteiger partial charge in [0.2, 0.25) is 11.9 Å². The van der Waals surface area contributed by atoms with E-state index in [4.69, 9.17) is 0 Å². The predicted molar refractivity (Wildman–Crippen MR) is 109 cm³/mol. The third-order valence-corrected chi connectivity index (χ3v) is 5.28. The van der Waals surface area contributed by atoms with Crippen molar-refractivity contribution in [1.82, 2.24) is 25.1 Å². The highest BCUT2D eigenvalue weighted by Crippen LogP contribution is 2.26. The lowest BCUT2D eigenvalue weighted by atomic mass is 9.85. The molecule has 1 amide bonds. The Labute approximate surface area is 180 Å². The maximum absolute atomic E-state index is 12.5. The first-order valence-electron chi connectivity index (χ1n) is 9.63. The molecule has 0 aliphatic heterocycles. The number of alkyl halides is 3. The fraction of sp³-hybridized carbons (Fsp3) is 0.556. The second-order valence-corrected chi connectivity index (χ2v) is 8.01. The van der Waals surface area contributed by atoms with E-state index >= 15 is 0 Å². The molecule has 2 heterocycles. The first-order valence-corrected chi connectivity index (χ1v) is 10.4. The van der Waals surface area contributed by atoms with Crippen LogP contribution in [0.2, 0.25) is 0 Å². The number of hydrogen-bond donors (Lipinski definition) is 3. The number of amides is 1. The summed E-state index contributed by atoms with van der Waals surface area (Å²) in [6, 6.07) is 0. The van der Waals surface area contributed by atoms with Crippen LogP contribution in [0.15, 0.2) is 16.9 Å². The lowest BCUT2D eigenvalue weighted by Crippen LogP contribution is -2.35. The monoisotopic (exact) mass is 489 g/mol. The maximum atomic E-state index is 12.5. The normalized spacial score (nSPS) is 14.3. The van der Waals surface area contributed by atoms with Gasteiger partial charge >= 0.3 is 6.18 Å². The molecule has 30 heavy (non-hydrogen) atoms. The van der Waals surface area contributed by atoms with Gasteiger partial charge in [0.05, 0.1) is 15.9 Å². The molecule has 2 aromatic heterocycles. The van der Waals surface area contributed by atoms with E-state index in [2.05, 4.69) is 46.9 Å². The predicted octanol–water partition coefficient (Wildman–Crippen LogP) is 3.77. The van der Waals surface area contributed by atoms with Crippen LogP contribution in [0, 0.1) is 12.8 Å². The number of nitrogens with one attached hydrogen (secondary N) is 3. The Kier molecular flexibility index (Phi) is 7.16. The number of aryl methyl sites for hydroxylation is 1. The first-order chi connectivity index (χ1) is 14.2. The minimum Gasteiger partial charge on any atom is -0.369 e. The molecule has 1 aliphatic carbocycles. The number of nitrogens with zero attached hydrogens (tertiary/aromatic N) is 4. The van der Waals surface area contributed by atoms with Gasteiger partial charge in [-0.1, -0.05) is 6.42 Å². The summed E-state index contributed by atoms with van der Waals surface area (Å²) >= 11 is 3.37. The Morgan fingerprint density at radius 1 is 1.33 bits per heavy atom. The molecule has 2 aromatic rings. The Morgan fingerprint density at radius 3 is 2.77 bits per heavy atom. The van der Waals surface area contributed by atoms with Gasteiger partial charge in [-0.2, -0.15) is 23.3 Å². The molecule has 0 unspecified atom stereocenters. The summed E-state index contributed by atoms with van der Waals surface area (Å²) in [6.07, 6.45) is 2.27. The molecule has 0 radical (unpaired) electrons. The summed E-state index contributed by atoms with van der Waals surface area (Å²) in [5, 5.41) is 12.8. The van der Waals surface area contributed by atoms with Crippen molar-refractivity contribution in [2.75, 3.05) is 23.7 Å². The lowest BCUT2D eigenvalue weighted by Gasteiger charge is -2.24. The van der Waals surface area contributed by atoms with Gasteiger partial charge in [-0.3, -0.25) is 9.48 Å². The molecule has 0 spiro atoms. The molecule has 1 fully saturated rings. The summed E-state index contributed by atoms with van der Waals surface area (Å²) in [7, 11) is 0. The van der Waals surface area contributed by atoms with Crippen LogP contribution >= 0.6 is 15.9 Å². The van der Waals surface area contributed by atoms with Gasteiger partial charge in [0.15, 0.2) is 0 Å². The summed E-state index contributed by atoms with van der Waals surface area (Å²) in [6.45, 7) is 1.60. The summed E-state index contributed by atoms with van der Waals surface area (Å²) < 4.78 is 39.1. The summed E-state index contributed by atoms with van der Waals surface area (Å²) in [5.74, 6) is 1.07. The Hall–Kier alpha value is -2.37. The van der Waals surface area contributed by atoms with Crippen LogP contribution in [-0.4, -0.2) is 44.9 Å². The number of carbonyl (C=O) groups is 1. The van der Waals surface area contributed by atoms with E-state index in [1.807, 2.05) is 0 Å². The molecular formula is C18H23BrF3N7O. The fourth-order valence-electron chi connectivity index (χ4n) is 2.90. The molecule has 8 nitrogen and oxygen atoms in total. The molecule has 3 rings (SSSR count). The van der Waals surface area contributed by atoms with Gasteiger partial charge < -0.3 is 16.0 Å². The number of halogens is 4. The van der Waals surface area contributed by atoms with Crippen LogP contribution in [0.3, 0.4) is 0 Å². The van der Waals surface area contributed by atoms with Crippen molar-refractivity contribution >= 4 is 39.3 Å². The Morgan fingerprint density at radius 2 is 2.10 bits per heavy atom. The van der Waals surface area contributed by atoms with Gasteiger partial charge in [-0.15, -0.1) is 0 Å². The van der Waals surface area contributed by atoms with Crippen LogP contribution in [0.1, 0.15) is 31.4 Å². The SMILES string of the molecule is Cc1nn(CC(F)(F)F)cc1Nc1ncc(Br)c(NCCCNC(=O)C2CCC2)n1. The fourth-order valence-corrected chi connectivity index (χ4v) is 3.23. The third kappa shape index (κ3) is 6.31. The van der Waals surface area contributed by atoms with Gasteiger partial charge in [0, 0.05) is 31.4 Å². The quantitative estimate of drug-likeness (QED) is 0.464. The van der Waals surface area contributed by atoms with Crippen LogP contribution < -0.4 is 16.0 Å². The van der Waals surface area contributed by atoms with Crippen molar-refractivity contribution in [3.05, 3.63) is 22.6 Å². The molecule has 164 valence electrons. The molecule has 1 aliphatic rings. The van der Waals surface area contributed by atoms with Crippen molar-refractivity contribution in [3.63, 3.8) is 0 Å². The van der Waals surface area contributed by atoms with Crippen LogP contribution in [0.5, 0.6) is 0 Å². The van der Waals surface area contributed by atoms with Crippen LogP contribution in [0.4, 0.5) is 30.6 Å². The third-order valence-electron chi connectivity index (χ3n) is 4.70. The molecule has 1 saturated carbocycles. The first kappa shape index (κ1) is 22.3. The number of rotatable bonds is 9. The van der Waals surface area contributed by atoms with Crippen molar-refractivity contribution in [1.29, 1.82) is 0 Å². The molecule has 0 saturated heterocycles. The van der Waals surface area contributed by atoms with E-state index in [-0.39, 0.29) is 17.8 Å². The number of hydrogen-bond acceptors (Lipinski definition) is 6. The topological polar surface area (TPSA) is 96.8 Å². The molecule has 0 bridgehead atoms. The van der Waals surface area contributed by atoms with Gasteiger partial charge in [0.1, 0.15) is 12.4 Å². The molecule has 0 atom stereocenters. The standard InChI is InChI=1S/C18H23BrF3N7O/c1-11-14(9-29(28-11)10-18(20,21)22)26-17-25-8-13(19)15(27-17)23-6-3-7-24-16(30)12-4-2-5-12/h8-9,12H,2-7,10H2,1H3,(H,24,30)(H2,23,25,26,27). The zero-order valence-corrected chi connectivity index (χ0v) is 18.0. The molecule has 12 heteroatoms. The van der Waals surface area contributed by atoms with Crippen LogP contribution in [-0.2, 0) is 11.3 Å². The van der Waals surface area contributed by atoms with Crippen molar-refractivity contribution in [3.8, 4) is 0 Å². The van der Waals surface area contributed by atoms with E-state index in [1.54, 1.807) is 13.1 Å². The summed E-state index contributed by atoms with van der Waals surface area (Å²) in [4.78, 5) is 20.3.